The molecule has 0 spiro atoms. The summed E-state index contributed by atoms with van der Waals surface area (Å²) in [7, 11) is 3.01. The van der Waals surface area contributed by atoms with E-state index in [9.17, 15) is 9.59 Å². The molecule has 1 saturated heterocycles. The highest BCUT2D eigenvalue weighted by Crippen LogP contribution is 2.35. The van der Waals surface area contributed by atoms with Crippen LogP contribution in [0.15, 0.2) is 36.7 Å². The number of nitrogens with zero attached hydrogens (tertiary/aromatic N) is 3. The summed E-state index contributed by atoms with van der Waals surface area (Å²) >= 11 is 6.15. The van der Waals surface area contributed by atoms with Crippen molar-refractivity contribution in [2.45, 2.75) is 19.4 Å². The monoisotopic (exact) mass is 471 g/mol. The highest BCUT2D eigenvalue weighted by molar-refractivity contribution is 6.32. The largest absolute Gasteiger partial charge is 0.495 e. The molecule has 3 amide bonds. The minimum atomic E-state index is -0.391. The predicted molar refractivity (Wildman–Crippen MR) is 126 cm³/mol. The van der Waals surface area contributed by atoms with E-state index in [-0.39, 0.29) is 5.91 Å². The van der Waals surface area contributed by atoms with Gasteiger partial charge >= 0.3 is 6.03 Å². The van der Waals surface area contributed by atoms with Gasteiger partial charge in [0.05, 0.1) is 42.3 Å². The third-order valence-electron chi connectivity index (χ3n) is 5.62. The standard InChI is InChI=1S/C23H26ClN5O4/c1-32-20-13-21(33-2)18(12-16(20)24)27-23(31)25-7-10-29-14-26-17-11-15(5-6-19(17)29)22(30)28-8-3-4-9-28/h5-6,11-14H,3-4,7-10H2,1-2H3,(H2,25,27,31). The molecule has 0 radical (unpaired) electrons. The molecule has 1 fully saturated rings. The van der Waals surface area contributed by atoms with Gasteiger partial charge in [-0.25, -0.2) is 9.78 Å². The third-order valence-corrected chi connectivity index (χ3v) is 5.92. The SMILES string of the molecule is COc1cc(OC)c(NC(=O)NCCn2cnc3cc(C(=O)N4CCCC4)ccc32)cc1Cl. The van der Waals surface area contributed by atoms with Crippen molar-refractivity contribution in [3.05, 3.63) is 47.2 Å². The second kappa shape index (κ2) is 9.99. The molecule has 3 aromatic rings. The van der Waals surface area contributed by atoms with Crippen molar-refractivity contribution in [1.29, 1.82) is 0 Å². The number of aromatic nitrogens is 2. The van der Waals surface area contributed by atoms with Gasteiger partial charge in [0.2, 0.25) is 0 Å². The van der Waals surface area contributed by atoms with Crippen molar-refractivity contribution >= 4 is 40.3 Å². The normalized spacial score (nSPS) is 13.2. The lowest BCUT2D eigenvalue weighted by Gasteiger charge is -2.15. The lowest BCUT2D eigenvalue weighted by molar-refractivity contribution is 0.0793. The zero-order chi connectivity index (χ0) is 23.4. The Morgan fingerprint density at radius 1 is 1.09 bits per heavy atom. The maximum atomic E-state index is 12.6. The quantitative estimate of drug-likeness (QED) is 0.546. The van der Waals surface area contributed by atoms with Gasteiger partial charge < -0.3 is 29.6 Å². The Bertz CT molecular complexity index is 1170. The summed E-state index contributed by atoms with van der Waals surface area (Å²) in [5.74, 6) is 0.944. The smallest absolute Gasteiger partial charge is 0.319 e. The number of ether oxygens (including phenoxy) is 2. The number of methoxy groups -OCH3 is 2. The van der Waals surface area contributed by atoms with Crippen LogP contribution in [0, 0.1) is 0 Å². The molecule has 33 heavy (non-hydrogen) atoms. The number of halogens is 1. The Kier molecular flexibility index (Phi) is 6.88. The fourth-order valence-electron chi connectivity index (χ4n) is 3.89. The molecule has 174 valence electrons. The van der Waals surface area contributed by atoms with Gasteiger partial charge in [0.15, 0.2) is 0 Å². The average molecular weight is 472 g/mol. The van der Waals surface area contributed by atoms with E-state index in [1.165, 1.54) is 14.2 Å². The van der Waals surface area contributed by atoms with E-state index in [0.717, 1.165) is 37.0 Å². The Balaban J connectivity index is 1.36. The van der Waals surface area contributed by atoms with E-state index in [2.05, 4.69) is 15.6 Å². The van der Waals surface area contributed by atoms with E-state index in [1.807, 2.05) is 27.7 Å². The van der Waals surface area contributed by atoms with Crippen molar-refractivity contribution in [2.75, 3.05) is 39.2 Å². The number of carbonyl (C=O) groups excluding carboxylic acids is 2. The second-order valence-corrected chi connectivity index (χ2v) is 8.12. The number of fused-ring (bicyclic) bond motifs is 1. The number of hydrogen-bond donors (Lipinski definition) is 2. The number of hydrogen-bond acceptors (Lipinski definition) is 5. The number of carbonyl (C=O) groups is 2. The number of nitrogens with one attached hydrogen (secondary N) is 2. The molecule has 1 aliphatic heterocycles. The first-order valence-electron chi connectivity index (χ1n) is 10.7. The zero-order valence-corrected chi connectivity index (χ0v) is 19.3. The van der Waals surface area contributed by atoms with Crippen LogP contribution in [-0.2, 0) is 6.54 Å². The molecule has 0 aliphatic carbocycles. The lowest BCUT2D eigenvalue weighted by Crippen LogP contribution is -2.31. The van der Waals surface area contributed by atoms with Crippen LogP contribution >= 0.6 is 11.6 Å². The molecule has 0 saturated carbocycles. The van der Waals surface area contributed by atoms with Crippen LogP contribution in [0.25, 0.3) is 11.0 Å². The molecule has 1 aliphatic rings. The molecule has 0 bridgehead atoms. The summed E-state index contributed by atoms with van der Waals surface area (Å²) in [4.78, 5) is 31.3. The van der Waals surface area contributed by atoms with Crippen LogP contribution in [-0.4, -0.2) is 60.2 Å². The van der Waals surface area contributed by atoms with E-state index < -0.39 is 6.03 Å². The fraction of sp³-hybridized carbons (Fsp3) is 0.348. The van der Waals surface area contributed by atoms with Gasteiger partial charge in [0, 0.05) is 37.8 Å². The number of benzene rings is 2. The number of amides is 3. The Hall–Kier alpha value is -3.46. The molecule has 9 nitrogen and oxygen atoms in total. The minimum absolute atomic E-state index is 0.0522. The van der Waals surface area contributed by atoms with Crippen LogP contribution in [0.5, 0.6) is 11.5 Å². The van der Waals surface area contributed by atoms with E-state index in [1.54, 1.807) is 18.5 Å². The summed E-state index contributed by atoms with van der Waals surface area (Å²) in [6.07, 6.45) is 3.82. The maximum Gasteiger partial charge on any atom is 0.319 e. The van der Waals surface area contributed by atoms with Crippen LogP contribution in [0.1, 0.15) is 23.2 Å². The van der Waals surface area contributed by atoms with Crippen LogP contribution in [0.3, 0.4) is 0 Å². The number of likely N-dealkylation sites (tertiary alicyclic amines) is 1. The van der Waals surface area contributed by atoms with E-state index in [4.69, 9.17) is 21.1 Å². The highest BCUT2D eigenvalue weighted by Gasteiger charge is 2.20. The molecule has 2 heterocycles. The third kappa shape index (κ3) is 4.98. The first-order chi connectivity index (χ1) is 16.0. The molecule has 10 heteroatoms. The molecule has 1 aromatic heterocycles. The number of rotatable bonds is 7. The highest BCUT2D eigenvalue weighted by atomic mass is 35.5. The minimum Gasteiger partial charge on any atom is -0.495 e. The van der Waals surface area contributed by atoms with E-state index in [0.29, 0.717) is 40.9 Å². The molecule has 2 aromatic carbocycles. The van der Waals surface area contributed by atoms with Crippen molar-refractivity contribution in [1.82, 2.24) is 19.8 Å². The molecular weight excluding hydrogens is 446 g/mol. The van der Waals surface area contributed by atoms with Gasteiger partial charge in [-0.2, -0.15) is 0 Å². The number of anilines is 1. The number of urea groups is 1. The maximum absolute atomic E-state index is 12.6. The molecule has 2 N–H and O–H groups in total. The predicted octanol–water partition coefficient (Wildman–Crippen LogP) is 3.76. The molecule has 0 atom stereocenters. The summed E-state index contributed by atoms with van der Waals surface area (Å²) in [6.45, 7) is 2.52. The Morgan fingerprint density at radius 2 is 1.85 bits per heavy atom. The van der Waals surface area contributed by atoms with Crippen molar-refractivity contribution < 1.29 is 19.1 Å². The van der Waals surface area contributed by atoms with Gasteiger partial charge in [0.25, 0.3) is 5.91 Å². The van der Waals surface area contributed by atoms with Crippen LogP contribution in [0.4, 0.5) is 10.5 Å². The molecule has 0 unspecified atom stereocenters. The first-order valence-corrected chi connectivity index (χ1v) is 11.1. The van der Waals surface area contributed by atoms with Crippen molar-refractivity contribution in [3.63, 3.8) is 0 Å². The Labute approximate surface area is 196 Å². The van der Waals surface area contributed by atoms with Gasteiger partial charge in [-0.1, -0.05) is 11.6 Å². The summed E-state index contributed by atoms with van der Waals surface area (Å²) in [5, 5.41) is 5.91. The summed E-state index contributed by atoms with van der Waals surface area (Å²) in [5.41, 5.74) is 2.74. The first kappa shape index (κ1) is 22.7. The van der Waals surface area contributed by atoms with Gasteiger partial charge in [-0.05, 0) is 37.1 Å². The lowest BCUT2D eigenvalue weighted by atomic mass is 10.1. The topological polar surface area (TPSA) is 97.7 Å². The fourth-order valence-corrected chi connectivity index (χ4v) is 4.13. The van der Waals surface area contributed by atoms with Gasteiger partial charge in [0.1, 0.15) is 11.5 Å². The molecule has 4 rings (SSSR count). The number of imidazole rings is 1. The summed E-state index contributed by atoms with van der Waals surface area (Å²) in [6, 6.07) is 8.35. The van der Waals surface area contributed by atoms with Crippen molar-refractivity contribution in [2.24, 2.45) is 0 Å². The van der Waals surface area contributed by atoms with Gasteiger partial charge in [-0.15, -0.1) is 0 Å². The van der Waals surface area contributed by atoms with E-state index >= 15 is 0 Å². The van der Waals surface area contributed by atoms with Crippen molar-refractivity contribution in [3.8, 4) is 11.5 Å². The average Bonchev–Trinajstić information content (AvgIpc) is 3.49. The summed E-state index contributed by atoms with van der Waals surface area (Å²) < 4.78 is 12.4. The zero-order valence-electron chi connectivity index (χ0n) is 18.6. The van der Waals surface area contributed by atoms with Gasteiger partial charge in [-0.3, -0.25) is 4.79 Å². The van der Waals surface area contributed by atoms with Crippen LogP contribution in [0.2, 0.25) is 5.02 Å². The Morgan fingerprint density at radius 3 is 2.58 bits per heavy atom. The second-order valence-electron chi connectivity index (χ2n) is 7.71. The molecular formula is C23H26ClN5O4. The van der Waals surface area contributed by atoms with Crippen LogP contribution < -0.4 is 20.1 Å².